The van der Waals surface area contributed by atoms with Crippen LogP contribution in [0.25, 0.3) is 0 Å². The summed E-state index contributed by atoms with van der Waals surface area (Å²) in [5, 5.41) is 0. The van der Waals surface area contributed by atoms with Crippen LogP contribution in [-0.2, 0) is 14.3 Å². The topological polar surface area (TPSA) is 55.8 Å². The van der Waals surface area contributed by atoms with Crippen LogP contribution in [-0.4, -0.2) is 42.3 Å². The zero-order valence-corrected chi connectivity index (χ0v) is 11.1. The van der Waals surface area contributed by atoms with Gasteiger partial charge in [0.25, 0.3) is 0 Å². The number of rotatable bonds is 1. The van der Waals surface area contributed by atoms with E-state index in [0.717, 1.165) is 6.42 Å². The van der Waals surface area contributed by atoms with Crippen LogP contribution >= 0.6 is 0 Å². The van der Waals surface area contributed by atoms with Crippen molar-refractivity contribution in [1.82, 2.24) is 4.90 Å². The lowest BCUT2D eigenvalue weighted by Gasteiger charge is -2.28. The van der Waals surface area contributed by atoms with E-state index in [4.69, 9.17) is 9.47 Å². The van der Waals surface area contributed by atoms with Gasteiger partial charge in [-0.25, -0.2) is 9.59 Å². The zero-order valence-electron chi connectivity index (χ0n) is 11.1. The van der Waals surface area contributed by atoms with Crippen LogP contribution in [0.4, 0.5) is 4.79 Å². The second kappa shape index (κ2) is 4.94. The molecule has 0 bridgehead atoms. The molecule has 0 N–H and O–H groups in total. The molecular weight excluding hydrogens is 222 g/mol. The minimum absolute atomic E-state index is 0.106. The third-order valence-corrected chi connectivity index (χ3v) is 2.77. The summed E-state index contributed by atoms with van der Waals surface area (Å²) >= 11 is 0. The Morgan fingerprint density at radius 1 is 1.29 bits per heavy atom. The lowest BCUT2D eigenvalue weighted by atomic mass is 10.0. The number of amides is 1. The third-order valence-electron chi connectivity index (χ3n) is 2.77. The Kier molecular flexibility index (Phi) is 4.01. The van der Waals surface area contributed by atoms with Crippen molar-refractivity contribution in [3.05, 3.63) is 0 Å². The monoisotopic (exact) mass is 243 g/mol. The number of nitrogens with zero attached hydrogens (tertiary/aromatic N) is 1. The van der Waals surface area contributed by atoms with Crippen molar-refractivity contribution >= 4 is 12.1 Å². The molecule has 0 aromatic carbocycles. The molecule has 0 radical (unpaired) electrons. The van der Waals surface area contributed by atoms with Crippen molar-refractivity contribution in [1.29, 1.82) is 0 Å². The van der Waals surface area contributed by atoms with Crippen LogP contribution in [0.3, 0.4) is 0 Å². The first-order chi connectivity index (χ1) is 7.76. The highest BCUT2D eigenvalue weighted by Gasteiger charge is 2.41. The van der Waals surface area contributed by atoms with Crippen molar-refractivity contribution in [2.75, 3.05) is 13.7 Å². The van der Waals surface area contributed by atoms with Crippen LogP contribution in [0.2, 0.25) is 0 Å². The first-order valence-corrected chi connectivity index (χ1v) is 5.83. The normalized spacial score (nSPS) is 24.6. The summed E-state index contributed by atoms with van der Waals surface area (Å²) < 4.78 is 10.0. The Bertz CT molecular complexity index is 308. The molecule has 1 fully saturated rings. The fourth-order valence-corrected chi connectivity index (χ4v) is 1.95. The zero-order chi connectivity index (χ0) is 13.2. The lowest BCUT2D eigenvalue weighted by Crippen LogP contribution is -2.45. The summed E-state index contributed by atoms with van der Waals surface area (Å²) in [4.78, 5) is 25.0. The summed E-state index contributed by atoms with van der Waals surface area (Å²) in [5.74, 6) is -0.268. The van der Waals surface area contributed by atoms with Gasteiger partial charge in [0.05, 0.1) is 7.11 Å². The molecule has 0 aromatic heterocycles. The Morgan fingerprint density at radius 3 is 2.35 bits per heavy atom. The maximum absolute atomic E-state index is 11.9. The molecular formula is C12H21NO4. The molecule has 0 unspecified atom stereocenters. The van der Waals surface area contributed by atoms with Gasteiger partial charge in [0.1, 0.15) is 11.6 Å². The average molecular weight is 243 g/mol. The van der Waals surface area contributed by atoms with Gasteiger partial charge in [-0.1, -0.05) is 6.92 Å². The summed E-state index contributed by atoms with van der Waals surface area (Å²) in [6.07, 6.45) is 0.344. The van der Waals surface area contributed by atoms with Gasteiger partial charge in [0.15, 0.2) is 0 Å². The molecule has 5 heteroatoms. The molecule has 1 saturated heterocycles. The van der Waals surface area contributed by atoms with Crippen LogP contribution in [0, 0.1) is 5.92 Å². The summed E-state index contributed by atoms with van der Waals surface area (Å²) in [5.41, 5.74) is -0.552. The van der Waals surface area contributed by atoms with Gasteiger partial charge in [-0.2, -0.15) is 0 Å². The number of esters is 1. The third kappa shape index (κ3) is 3.35. The van der Waals surface area contributed by atoms with E-state index in [1.165, 1.54) is 12.0 Å². The van der Waals surface area contributed by atoms with Crippen molar-refractivity contribution in [2.45, 2.75) is 45.8 Å². The van der Waals surface area contributed by atoms with Gasteiger partial charge in [0.2, 0.25) is 0 Å². The number of likely N-dealkylation sites (tertiary alicyclic amines) is 1. The molecule has 0 saturated carbocycles. The minimum atomic E-state index is -0.552. The predicted molar refractivity (Wildman–Crippen MR) is 62.5 cm³/mol. The van der Waals surface area contributed by atoms with E-state index >= 15 is 0 Å². The molecule has 0 aromatic rings. The Labute approximate surface area is 102 Å². The van der Waals surface area contributed by atoms with Gasteiger partial charge in [-0.15, -0.1) is 0 Å². The first kappa shape index (κ1) is 13.8. The van der Waals surface area contributed by atoms with Crippen molar-refractivity contribution < 1.29 is 19.1 Å². The maximum Gasteiger partial charge on any atom is 0.411 e. The van der Waals surface area contributed by atoms with E-state index in [0.29, 0.717) is 6.54 Å². The van der Waals surface area contributed by atoms with Crippen molar-refractivity contribution in [3.8, 4) is 0 Å². The minimum Gasteiger partial charge on any atom is -0.467 e. The highest BCUT2D eigenvalue weighted by atomic mass is 16.6. The quantitative estimate of drug-likeness (QED) is 0.659. The fourth-order valence-electron chi connectivity index (χ4n) is 1.95. The Hall–Kier alpha value is -1.26. The Balaban J connectivity index is 2.76. The molecule has 0 spiro atoms. The van der Waals surface area contributed by atoms with Crippen LogP contribution in [0.1, 0.15) is 34.1 Å². The van der Waals surface area contributed by atoms with Crippen LogP contribution in [0.15, 0.2) is 0 Å². The molecule has 1 aliphatic heterocycles. The number of ether oxygens (including phenoxy) is 2. The first-order valence-electron chi connectivity index (χ1n) is 5.83. The largest absolute Gasteiger partial charge is 0.467 e. The summed E-state index contributed by atoms with van der Waals surface area (Å²) in [7, 11) is 1.33. The average Bonchev–Trinajstić information content (AvgIpc) is 2.56. The van der Waals surface area contributed by atoms with E-state index < -0.39 is 17.7 Å². The van der Waals surface area contributed by atoms with E-state index in [1.54, 1.807) is 20.8 Å². The van der Waals surface area contributed by atoms with E-state index in [9.17, 15) is 9.59 Å². The number of carbonyl (C=O) groups excluding carboxylic acids is 2. The maximum atomic E-state index is 11.9. The predicted octanol–water partition coefficient (Wildman–Crippen LogP) is 1.80. The highest BCUT2D eigenvalue weighted by Crippen LogP contribution is 2.26. The van der Waals surface area contributed by atoms with Crippen LogP contribution < -0.4 is 0 Å². The van der Waals surface area contributed by atoms with Gasteiger partial charge in [-0.3, -0.25) is 4.90 Å². The molecule has 1 rings (SSSR count). The number of hydrogen-bond donors (Lipinski definition) is 0. The standard InChI is InChI=1S/C12H21NO4/c1-8-6-7-13(9(8)10(14)16-5)11(15)17-12(2,3)4/h8-9H,6-7H2,1-5H3/t8-,9+/m1/s1. The fraction of sp³-hybridized carbons (Fsp3) is 0.833. The highest BCUT2D eigenvalue weighted by molar-refractivity contribution is 5.82. The van der Waals surface area contributed by atoms with E-state index in [-0.39, 0.29) is 11.9 Å². The van der Waals surface area contributed by atoms with Gasteiger partial charge in [-0.05, 0) is 33.1 Å². The molecule has 1 amide bonds. The van der Waals surface area contributed by atoms with Crippen molar-refractivity contribution in [2.24, 2.45) is 5.92 Å². The molecule has 5 nitrogen and oxygen atoms in total. The smallest absolute Gasteiger partial charge is 0.411 e. The summed E-state index contributed by atoms with van der Waals surface area (Å²) in [6, 6.07) is -0.519. The Morgan fingerprint density at radius 2 is 1.88 bits per heavy atom. The molecule has 0 aliphatic carbocycles. The number of methoxy groups -OCH3 is 1. The number of hydrogen-bond acceptors (Lipinski definition) is 4. The molecule has 17 heavy (non-hydrogen) atoms. The van der Waals surface area contributed by atoms with Crippen LogP contribution in [0.5, 0.6) is 0 Å². The molecule has 2 atom stereocenters. The van der Waals surface area contributed by atoms with Gasteiger partial charge >= 0.3 is 12.1 Å². The molecule has 1 aliphatic rings. The van der Waals surface area contributed by atoms with E-state index in [1.807, 2.05) is 6.92 Å². The van der Waals surface area contributed by atoms with Gasteiger partial charge in [0, 0.05) is 6.54 Å². The second-order valence-corrected chi connectivity index (χ2v) is 5.41. The lowest BCUT2D eigenvalue weighted by molar-refractivity contribution is -0.146. The molecule has 1 heterocycles. The van der Waals surface area contributed by atoms with Gasteiger partial charge < -0.3 is 9.47 Å². The molecule has 98 valence electrons. The summed E-state index contributed by atoms with van der Waals surface area (Å²) in [6.45, 7) is 7.88. The number of carbonyl (C=O) groups is 2. The van der Waals surface area contributed by atoms with Crippen molar-refractivity contribution in [3.63, 3.8) is 0 Å². The van der Waals surface area contributed by atoms with E-state index in [2.05, 4.69) is 0 Å². The second-order valence-electron chi connectivity index (χ2n) is 5.41. The SMILES string of the molecule is COC(=O)[C@@H]1[C@H](C)CCN1C(=O)OC(C)(C)C.